The first-order chi connectivity index (χ1) is 22.5. The molecule has 6 fully saturated rings. The van der Waals surface area contributed by atoms with Crippen molar-refractivity contribution in [3.8, 4) is 0 Å². The number of aliphatic hydroxyl groups is 1. The van der Waals surface area contributed by atoms with Gasteiger partial charge in [0.1, 0.15) is 5.78 Å². The highest BCUT2D eigenvalue weighted by Crippen LogP contribution is 2.59. The summed E-state index contributed by atoms with van der Waals surface area (Å²) in [5.41, 5.74) is -1.03. The summed E-state index contributed by atoms with van der Waals surface area (Å²) >= 11 is 0. The second kappa shape index (κ2) is 14.6. The van der Waals surface area contributed by atoms with E-state index in [1.54, 1.807) is 13.8 Å². The molecule has 274 valence electrons. The fraction of sp³-hybridized carbons (Fsp3) is 0.925. The Hall–Kier alpha value is -1.51. The van der Waals surface area contributed by atoms with Gasteiger partial charge < -0.3 is 24.1 Å². The summed E-state index contributed by atoms with van der Waals surface area (Å²) in [5, 5.41) is 10.4. The van der Waals surface area contributed by atoms with E-state index in [0.29, 0.717) is 53.1 Å². The monoisotopic (exact) mass is 674 g/mol. The number of esters is 2. The minimum atomic E-state index is -0.776. The molecule has 2 aliphatic heterocycles. The summed E-state index contributed by atoms with van der Waals surface area (Å²) in [7, 11) is 0. The summed E-state index contributed by atoms with van der Waals surface area (Å²) in [5.74, 6) is 3.39. The minimum absolute atomic E-state index is 0.0944. The number of hydrogen-bond acceptors (Lipinski definition) is 8. The molecule has 13 atom stereocenters. The van der Waals surface area contributed by atoms with Crippen molar-refractivity contribution in [1.82, 2.24) is 0 Å². The Labute approximate surface area is 290 Å². The lowest BCUT2D eigenvalue weighted by Gasteiger charge is -2.45. The summed E-state index contributed by atoms with van der Waals surface area (Å²) < 4.78 is 21.6. The zero-order valence-electron chi connectivity index (χ0n) is 31.3. The van der Waals surface area contributed by atoms with E-state index in [4.69, 9.17) is 18.9 Å². The van der Waals surface area contributed by atoms with Gasteiger partial charge in [0.2, 0.25) is 12.6 Å². The number of carbonyl (C=O) groups excluding carboxylic acids is 3. The van der Waals surface area contributed by atoms with E-state index in [9.17, 15) is 19.5 Å². The van der Waals surface area contributed by atoms with Crippen LogP contribution in [0.3, 0.4) is 0 Å². The fourth-order valence-corrected chi connectivity index (χ4v) is 11.7. The van der Waals surface area contributed by atoms with Gasteiger partial charge in [0.25, 0.3) is 0 Å². The topological polar surface area (TPSA) is 108 Å². The summed E-state index contributed by atoms with van der Waals surface area (Å²) in [4.78, 5) is 36.1. The van der Waals surface area contributed by atoms with Crippen LogP contribution in [-0.2, 0) is 33.3 Å². The van der Waals surface area contributed by atoms with E-state index < -0.39 is 23.8 Å². The highest BCUT2D eigenvalue weighted by Gasteiger charge is 2.54. The molecule has 0 aromatic heterocycles. The van der Waals surface area contributed by atoms with Crippen LogP contribution in [0, 0.1) is 46.3 Å². The van der Waals surface area contributed by atoms with Crippen LogP contribution in [0.5, 0.6) is 0 Å². The molecule has 8 heteroatoms. The van der Waals surface area contributed by atoms with Gasteiger partial charge in [-0.1, -0.05) is 47.0 Å². The predicted octanol–water partition coefficient (Wildman–Crippen LogP) is 8.30. The Bertz CT molecular complexity index is 1170. The lowest BCUT2D eigenvalue weighted by molar-refractivity contribution is -0.145. The maximum atomic E-state index is 12.3. The third-order valence-corrected chi connectivity index (χ3v) is 14.4. The molecule has 0 radical (unpaired) electrons. The molecule has 6 rings (SSSR count). The maximum absolute atomic E-state index is 12.3. The number of aliphatic hydroxyl groups excluding tert-OH is 1. The molecule has 2 heterocycles. The molecule has 2 saturated heterocycles. The highest BCUT2D eigenvalue weighted by molar-refractivity contribution is 5.83. The first-order valence-corrected chi connectivity index (χ1v) is 19.5. The summed E-state index contributed by atoms with van der Waals surface area (Å²) in [6.45, 7) is 16.7. The maximum Gasteiger partial charge on any atom is 0.340 e. The van der Waals surface area contributed by atoms with E-state index >= 15 is 0 Å². The molecule has 3 unspecified atom stereocenters. The first-order valence-electron chi connectivity index (χ1n) is 19.5. The Balaban J connectivity index is 0.000000188. The molecule has 6 aliphatic rings. The van der Waals surface area contributed by atoms with Crippen LogP contribution in [-0.4, -0.2) is 52.7 Å². The van der Waals surface area contributed by atoms with E-state index in [1.165, 1.54) is 32.1 Å². The van der Waals surface area contributed by atoms with Crippen molar-refractivity contribution in [3.05, 3.63) is 0 Å². The molecular formula is C40H66O8. The lowest BCUT2D eigenvalue weighted by Crippen LogP contribution is -2.41. The average Bonchev–Trinajstić information content (AvgIpc) is 3.69. The highest BCUT2D eigenvalue weighted by atomic mass is 16.8. The molecule has 0 amide bonds. The molecule has 0 aromatic carbocycles. The van der Waals surface area contributed by atoms with Crippen molar-refractivity contribution in [3.63, 3.8) is 0 Å². The first kappa shape index (κ1) is 37.7. The van der Waals surface area contributed by atoms with Crippen molar-refractivity contribution >= 4 is 17.7 Å². The van der Waals surface area contributed by atoms with Gasteiger partial charge >= 0.3 is 11.9 Å². The minimum Gasteiger partial charge on any atom is -0.434 e. The smallest absolute Gasteiger partial charge is 0.340 e. The molecule has 4 saturated carbocycles. The van der Waals surface area contributed by atoms with Gasteiger partial charge in [0.05, 0.1) is 6.10 Å². The second-order valence-corrected chi connectivity index (χ2v) is 17.7. The van der Waals surface area contributed by atoms with E-state index in [-0.39, 0.29) is 23.5 Å². The van der Waals surface area contributed by atoms with Crippen LogP contribution in [0.15, 0.2) is 0 Å². The van der Waals surface area contributed by atoms with Crippen molar-refractivity contribution in [2.75, 3.05) is 0 Å². The number of ketones is 1. The predicted molar refractivity (Wildman–Crippen MR) is 183 cm³/mol. The molecule has 0 bridgehead atoms. The molecule has 0 aromatic rings. The van der Waals surface area contributed by atoms with Gasteiger partial charge in [-0.3, -0.25) is 4.79 Å². The third kappa shape index (κ3) is 7.42. The number of Topliss-reactive ketones (excluding diaryl/α,β-unsaturated/α-hetero) is 1. The second-order valence-electron chi connectivity index (χ2n) is 17.7. The van der Waals surface area contributed by atoms with Gasteiger partial charge in [-0.2, -0.15) is 0 Å². The van der Waals surface area contributed by atoms with E-state index in [0.717, 1.165) is 64.2 Å². The van der Waals surface area contributed by atoms with Crippen molar-refractivity contribution in [2.24, 2.45) is 46.3 Å². The average molecular weight is 675 g/mol. The van der Waals surface area contributed by atoms with Gasteiger partial charge in [-0.25, -0.2) is 9.59 Å². The van der Waals surface area contributed by atoms with Crippen LogP contribution in [0.25, 0.3) is 0 Å². The number of hydrogen-bond donors (Lipinski definition) is 1. The van der Waals surface area contributed by atoms with Gasteiger partial charge in [-0.05, 0) is 145 Å². The molecule has 48 heavy (non-hydrogen) atoms. The quantitative estimate of drug-likeness (QED) is 0.231. The largest absolute Gasteiger partial charge is 0.434 e. The normalized spacial score (nSPS) is 45.1. The van der Waals surface area contributed by atoms with Gasteiger partial charge in [-0.15, -0.1) is 0 Å². The van der Waals surface area contributed by atoms with Crippen molar-refractivity contribution < 1.29 is 38.4 Å². The summed E-state index contributed by atoms with van der Waals surface area (Å²) in [6, 6.07) is 0. The van der Waals surface area contributed by atoms with Crippen LogP contribution >= 0.6 is 0 Å². The Morgan fingerprint density at radius 3 is 1.73 bits per heavy atom. The standard InChI is InChI=1S/C20H34O4.C20H32O4/c2*1-13(7-5-12-20(4)18(22)23-14(2)24-20)15-9-10-16-17(21)8-6-11-19(15,16)3/h13-17,21H,5-12H2,1-4H3;13-16H,5-12H2,1-4H3/t13-,14-,15?,16+,17?,19-,20-;13-,14-,15?,16+,19-,20-/m11/s1. The number of fused-ring (bicyclic) bond motifs is 2. The third-order valence-electron chi connectivity index (χ3n) is 14.4. The fourth-order valence-electron chi connectivity index (χ4n) is 11.7. The molecule has 1 N–H and O–H groups in total. The van der Waals surface area contributed by atoms with Gasteiger partial charge in [0.15, 0.2) is 11.2 Å². The van der Waals surface area contributed by atoms with Gasteiger partial charge in [0, 0.05) is 12.3 Å². The number of cyclic esters (lactones) is 2. The number of rotatable bonds is 10. The van der Waals surface area contributed by atoms with Crippen LogP contribution in [0.1, 0.15) is 158 Å². The zero-order valence-corrected chi connectivity index (χ0v) is 31.3. The van der Waals surface area contributed by atoms with E-state index in [2.05, 4.69) is 27.7 Å². The van der Waals surface area contributed by atoms with Crippen LogP contribution in [0.4, 0.5) is 0 Å². The van der Waals surface area contributed by atoms with Crippen LogP contribution in [0.2, 0.25) is 0 Å². The zero-order chi connectivity index (χ0) is 35.1. The molecular weight excluding hydrogens is 608 g/mol. The van der Waals surface area contributed by atoms with Crippen molar-refractivity contribution in [1.29, 1.82) is 0 Å². The van der Waals surface area contributed by atoms with Crippen molar-refractivity contribution in [2.45, 2.75) is 188 Å². The van der Waals surface area contributed by atoms with Crippen LogP contribution < -0.4 is 0 Å². The van der Waals surface area contributed by atoms with E-state index in [1.807, 2.05) is 13.8 Å². The molecule has 4 aliphatic carbocycles. The Morgan fingerprint density at radius 1 is 0.708 bits per heavy atom. The number of ether oxygens (including phenoxy) is 4. The SMILES string of the molecule is C[C@@H]1OC(=O)[C@@](C)(CCC[C@@H](C)C2CC[C@H]3C(=O)CCC[C@]23C)O1.C[C@@H]1OC(=O)[C@@](C)(CCC[C@@H](C)C2CC[C@H]3C(O)CCC[C@]23C)O1. The molecule has 8 nitrogen and oxygen atoms in total. The lowest BCUT2D eigenvalue weighted by atomic mass is 9.61. The molecule has 0 spiro atoms. The Morgan fingerprint density at radius 2 is 1.21 bits per heavy atom. The number of carbonyl (C=O) groups is 3. The summed E-state index contributed by atoms with van der Waals surface area (Å²) in [6.07, 6.45) is 15.8. The Kier molecular flexibility index (Phi) is 11.5.